The van der Waals surface area contributed by atoms with Gasteiger partial charge in [-0.25, -0.2) is 0 Å². The Labute approximate surface area is 82.4 Å². The van der Waals surface area contributed by atoms with Crippen LogP contribution in [-0.4, -0.2) is 22.1 Å². The largest absolute Gasteiger partial charge is 0.349 e. The summed E-state index contributed by atoms with van der Waals surface area (Å²) in [4.78, 5) is 11.7. The van der Waals surface area contributed by atoms with Crippen molar-refractivity contribution < 1.29 is 4.79 Å². The number of nitrogens with zero attached hydrogens (tertiary/aromatic N) is 1. The molecular weight excluding hydrogens is 178 g/mol. The third kappa shape index (κ3) is 1.69. The predicted octanol–water partition coefficient (Wildman–Crippen LogP) is 1.17. The van der Waals surface area contributed by atoms with E-state index in [-0.39, 0.29) is 11.9 Å². The molecular formula is C10H13N3O. The van der Waals surface area contributed by atoms with Gasteiger partial charge in [0.05, 0.1) is 11.8 Å². The number of hydrogen-bond donors (Lipinski definition) is 2. The fourth-order valence-electron chi connectivity index (χ4n) is 1.58. The van der Waals surface area contributed by atoms with Gasteiger partial charge in [0.1, 0.15) is 0 Å². The van der Waals surface area contributed by atoms with E-state index in [2.05, 4.69) is 27.7 Å². The maximum atomic E-state index is 11.7. The first-order chi connectivity index (χ1) is 6.77. The topological polar surface area (TPSA) is 57.8 Å². The Morgan fingerprint density at radius 1 is 1.57 bits per heavy atom. The smallest absolute Gasteiger partial charge is 0.254 e. The normalized spacial score (nSPS) is 16.1. The van der Waals surface area contributed by atoms with Crippen molar-refractivity contribution in [2.45, 2.75) is 25.8 Å². The molecule has 1 aliphatic rings. The molecule has 0 saturated carbocycles. The average Bonchev–Trinajstić information content (AvgIpc) is 2.75. The zero-order valence-electron chi connectivity index (χ0n) is 8.08. The minimum Gasteiger partial charge on any atom is -0.349 e. The monoisotopic (exact) mass is 191 g/mol. The Balaban J connectivity index is 1.99. The second-order valence-corrected chi connectivity index (χ2v) is 3.52. The molecule has 4 nitrogen and oxygen atoms in total. The zero-order chi connectivity index (χ0) is 9.97. The minimum absolute atomic E-state index is 0.0371. The molecule has 1 aliphatic carbocycles. The number of aromatic amines is 1. The number of amides is 1. The summed E-state index contributed by atoms with van der Waals surface area (Å²) in [5, 5.41) is 9.52. The summed E-state index contributed by atoms with van der Waals surface area (Å²) in [7, 11) is 0. The summed E-state index contributed by atoms with van der Waals surface area (Å²) < 4.78 is 0. The number of carbonyl (C=O) groups excluding carboxylic acids is 1. The number of carbonyl (C=O) groups is 1. The first-order valence-corrected chi connectivity index (χ1v) is 4.73. The van der Waals surface area contributed by atoms with Crippen molar-refractivity contribution in [2.24, 2.45) is 0 Å². The fraction of sp³-hybridized carbons (Fsp3) is 0.400. The van der Waals surface area contributed by atoms with Crippen molar-refractivity contribution >= 4 is 5.91 Å². The van der Waals surface area contributed by atoms with Gasteiger partial charge in [0.25, 0.3) is 5.91 Å². The molecule has 0 spiro atoms. The Bertz CT molecular complexity index is 359. The van der Waals surface area contributed by atoms with Gasteiger partial charge in [0, 0.05) is 11.7 Å². The SMILES string of the molecule is Cc1[nH]ncc1C(=O)NC1CC=CC1. The van der Waals surface area contributed by atoms with Gasteiger partial charge < -0.3 is 5.32 Å². The second kappa shape index (κ2) is 3.65. The van der Waals surface area contributed by atoms with Crippen LogP contribution in [0.2, 0.25) is 0 Å². The molecule has 0 fully saturated rings. The molecule has 1 aromatic rings. The highest BCUT2D eigenvalue weighted by atomic mass is 16.1. The predicted molar refractivity (Wildman–Crippen MR) is 53.0 cm³/mol. The van der Waals surface area contributed by atoms with E-state index in [0.717, 1.165) is 18.5 Å². The van der Waals surface area contributed by atoms with Crippen LogP contribution in [0.4, 0.5) is 0 Å². The highest BCUT2D eigenvalue weighted by Gasteiger charge is 2.16. The number of H-pyrrole nitrogens is 1. The van der Waals surface area contributed by atoms with Gasteiger partial charge in [-0.1, -0.05) is 12.2 Å². The molecule has 1 heterocycles. The van der Waals surface area contributed by atoms with Gasteiger partial charge in [-0.05, 0) is 19.8 Å². The van der Waals surface area contributed by atoms with Crippen LogP contribution < -0.4 is 5.32 Å². The molecule has 2 rings (SSSR count). The van der Waals surface area contributed by atoms with Crippen molar-refractivity contribution in [3.05, 3.63) is 29.6 Å². The number of rotatable bonds is 2. The van der Waals surface area contributed by atoms with E-state index in [4.69, 9.17) is 0 Å². The van der Waals surface area contributed by atoms with Gasteiger partial charge in [0.2, 0.25) is 0 Å². The Hall–Kier alpha value is -1.58. The maximum Gasteiger partial charge on any atom is 0.254 e. The highest BCUT2D eigenvalue weighted by Crippen LogP contribution is 2.11. The molecule has 4 heteroatoms. The molecule has 74 valence electrons. The van der Waals surface area contributed by atoms with Crippen LogP contribution in [0, 0.1) is 6.92 Å². The lowest BCUT2D eigenvalue weighted by Gasteiger charge is -2.10. The maximum absolute atomic E-state index is 11.7. The van der Waals surface area contributed by atoms with E-state index < -0.39 is 0 Å². The lowest BCUT2D eigenvalue weighted by molar-refractivity contribution is 0.0938. The molecule has 0 saturated heterocycles. The molecule has 14 heavy (non-hydrogen) atoms. The molecule has 0 bridgehead atoms. The van der Waals surface area contributed by atoms with E-state index in [1.807, 2.05) is 6.92 Å². The van der Waals surface area contributed by atoms with E-state index >= 15 is 0 Å². The average molecular weight is 191 g/mol. The molecule has 1 aromatic heterocycles. The van der Waals surface area contributed by atoms with Crippen LogP contribution in [0.3, 0.4) is 0 Å². The van der Waals surface area contributed by atoms with Crippen molar-refractivity contribution in [1.82, 2.24) is 15.5 Å². The van der Waals surface area contributed by atoms with Crippen LogP contribution >= 0.6 is 0 Å². The van der Waals surface area contributed by atoms with E-state index in [1.165, 1.54) is 0 Å². The van der Waals surface area contributed by atoms with Crippen LogP contribution in [0.5, 0.6) is 0 Å². The van der Waals surface area contributed by atoms with Crippen LogP contribution in [0.25, 0.3) is 0 Å². The molecule has 0 aliphatic heterocycles. The summed E-state index contributed by atoms with van der Waals surface area (Å²) in [6.45, 7) is 1.84. The number of nitrogens with one attached hydrogen (secondary N) is 2. The molecule has 0 atom stereocenters. The van der Waals surface area contributed by atoms with Crippen LogP contribution in [-0.2, 0) is 0 Å². The minimum atomic E-state index is -0.0371. The van der Waals surface area contributed by atoms with Crippen LogP contribution in [0.15, 0.2) is 18.3 Å². The van der Waals surface area contributed by atoms with Crippen molar-refractivity contribution in [3.63, 3.8) is 0 Å². The summed E-state index contributed by atoms with van der Waals surface area (Å²) >= 11 is 0. The fourth-order valence-corrected chi connectivity index (χ4v) is 1.58. The van der Waals surface area contributed by atoms with Gasteiger partial charge in [-0.15, -0.1) is 0 Å². The van der Waals surface area contributed by atoms with Gasteiger partial charge in [-0.2, -0.15) is 5.10 Å². The first-order valence-electron chi connectivity index (χ1n) is 4.73. The quantitative estimate of drug-likeness (QED) is 0.689. The zero-order valence-corrected chi connectivity index (χ0v) is 8.08. The summed E-state index contributed by atoms with van der Waals surface area (Å²) in [5.41, 5.74) is 1.45. The molecule has 2 N–H and O–H groups in total. The Kier molecular flexibility index (Phi) is 2.35. The molecule has 0 aromatic carbocycles. The van der Waals surface area contributed by atoms with Crippen molar-refractivity contribution in [1.29, 1.82) is 0 Å². The first kappa shape index (κ1) is 8.99. The standard InChI is InChI=1S/C10H13N3O/c1-7-9(6-11-13-7)10(14)12-8-4-2-3-5-8/h2-3,6,8H,4-5H2,1H3,(H,11,13)(H,12,14). The third-order valence-electron chi connectivity index (χ3n) is 2.42. The van der Waals surface area contributed by atoms with Crippen LogP contribution in [0.1, 0.15) is 28.9 Å². The second-order valence-electron chi connectivity index (χ2n) is 3.52. The Morgan fingerprint density at radius 2 is 2.29 bits per heavy atom. The lowest BCUT2D eigenvalue weighted by Crippen LogP contribution is -2.32. The summed E-state index contributed by atoms with van der Waals surface area (Å²) in [6, 6.07) is 0.261. The summed E-state index contributed by atoms with van der Waals surface area (Å²) in [5.74, 6) is -0.0371. The number of aromatic nitrogens is 2. The third-order valence-corrected chi connectivity index (χ3v) is 2.42. The molecule has 1 amide bonds. The molecule has 0 unspecified atom stereocenters. The highest BCUT2D eigenvalue weighted by molar-refractivity contribution is 5.95. The van der Waals surface area contributed by atoms with Gasteiger partial charge >= 0.3 is 0 Å². The molecule has 0 radical (unpaired) electrons. The van der Waals surface area contributed by atoms with E-state index in [1.54, 1.807) is 6.20 Å². The van der Waals surface area contributed by atoms with Gasteiger partial charge in [0.15, 0.2) is 0 Å². The van der Waals surface area contributed by atoms with Crippen molar-refractivity contribution in [3.8, 4) is 0 Å². The van der Waals surface area contributed by atoms with E-state index in [0.29, 0.717) is 5.56 Å². The summed E-state index contributed by atoms with van der Waals surface area (Å²) in [6.07, 6.45) is 7.61. The van der Waals surface area contributed by atoms with E-state index in [9.17, 15) is 4.79 Å². The Morgan fingerprint density at radius 3 is 2.86 bits per heavy atom. The number of hydrogen-bond acceptors (Lipinski definition) is 2. The van der Waals surface area contributed by atoms with Gasteiger partial charge in [-0.3, -0.25) is 9.89 Å². The number of aryl methyl sites for hydroxylation is 1. The lowest BCUT2D eigenvalue weighted by atomic mass is 10.2. The van der Waals surface area contributed by atoms with Crippen molar-refractivity contribution in [2.75, 3.05) is 0 Å².